The molecule has 0 aliphatic carbocycles. The minimum atomic E-state index is -0.777. The lowest BCUT2D eigenvalue weighted by Gasteiger charge is -2.11. The van der Waals surface area contributed by atoms with E-state index in [2.05, 4.69) is 0 Å². The van der Waals surface area contributed by atoms with E-state index < -0.39 is 5.97 Å². The zero-order chi connectivity index (χ0) is 21.4. The fraction of sp³-hybridized carbons (Fsp3) is 0.227. The second-order valence-electron chi connectivity index (χ2n) is 6.19. The van der Waals surface area contributed by atoms with Crippen molar-refractivity contribution < 1.29 is 23.6 Å². The van der Waals surface area contributed by atoms with E-state index in [1.54, 1.807) is 48.1 Å². The van der Waals surface area contributed by atoms with Crippen LogP contribution in [0.5, 0.6) is 5.75 Å². The molecule has 0 saturated carbocycles. The fourth-order valence-corrected chi connectivity index (χ4v) is 2.51. The predicted octanol–water partition coefficient (Wildman–Crippen LogP) is 2.50. The van der Waals surface area contributed by atoms with Crippen molar-refractivity contribution in [1.82, 2.24) is 0 Å². The van der Waals surface area contributed by atoms with E-state index in [-0.39, 0.29) is 23.7 Å². The average Bonchev–Trinajstić information content (AvgIpc) is 2.74. The van der Waals surface area contributed by atoms with Gasteiger partial charge in [0.15, 0.2) is 12.4 Å². The molecule has 0 fully saturated rings. The third kappa shape index (κ3) is 5.40. The number of ketones is 1. The lowest BCUT2D eigenvalue weighted by Crippen LogP contribution is -2.36. The van der Waals surface area contributed by atoms with Gasteiger partial charge in [0.25, 0.3) is 11.5 Å². The summed E-state index contributed by atoms with van der Waals surface area (Å²) < 4.78 is 11.6. The first-order valence-electron chi connectivity index (χ1n) is 8.94. The van der Waals surface area contributed by atoms with Gasteiger partial charge in [0.1, 0.15) is 5.75 Å². The first-order valence-corrected chi connectivity index (χ1v) is 8.94. The first-order chi connectivity index (χ1) is 13.9. The number of aromatic nitrogens is 1. The summed E-state index contributed by atoms with van der Waals surface area (Å²) in [6.45, 7) is 1.78. The molecule has 7 nitrogen and oxygen atoms in total. The van der Waals surface area contributed by atoms with Gasteiger partial charge in [-0.25, -0.2) is 4.79 Å². The van der Waals surface area contributed by atoms with Gasteiger partial charge in [0.05, 0.1) is 19.3 Å². The minimum absolute atomic E-state index is 0.129. The van der Waals surface area contributed by atoms with E-state index in [1.807, 2.05) is 37.0 Å². The number of rotatable bonds is 8. The van der Waals surface area contributed by atoms with Crippen LogP contribution in [-0.2, 0) is 9.53 Å². The maximum absolute atomic E-state index is 13.2. The number of hydrogen-bond donors (Lipinski definition) is 0. The molecule has 0 aliphatic rings. The zero-order valence-electron chi connectivity index (χ0n) is 16.9. The Balaban J connectivity index is 2.54. The van der Waals surface area contributed by atoms with Gasteiger partial charge < -0.3 is 19.8 Å². The van der Waals surface area contributed by atoms with Crippen molar-refractivity contribution in [3.63, 3.8) is 0 Å². The Labute approximate surface area is 170 Å². The van der Waals surface area contributed by atoms with Gasteiger partial charge >= 0.3 is 5.97 Å². The summed E-state index contributed by atoms with van der Waals surface area (Å²) in [5, 5.41) is 9.38. The summed E-state index contributed by atoms with van der Waals surface area (Å²) in [5.74, 6) is 1.30. The zero-order valence-corrected chi connectivity index (χ0v) is 16.9. The van der Waals surface area contributed by atoms with Gasteiger partial charge in [-0.05, 0) is 31.2 Å². The summed E-state index contributed by atoms with van der Waals surface area (Å²) in [7, 11) is 5.35. The van der Waals surface area contributed by atoms with Crippen molar-refractivity contribution in [2.75, 3.05) is 32.7 Å². The Kier molecular flexibility index (Phi) is 7.46. The molecule has 0 bridgehead atoms. The Hall–Kier alpha value is -3.70. The van der Waals surface area contributed by atoms with Crippen LogP contribution in [0.2, 0.25) is 0 Å². The number of Topliss-reactive ketones (excluding diaryl/α,β-unsaturated/α-hetero) is 1. The minimum Gasteiger partial charge on any atom is -0.763 e. The van der Waals surface area contributed by atoms with Gasteiger partial charge in [-0.1, -0.05) is 0 Å². The number of allylic oxidation sites excluding steroid dienone is 1. The summed E-state index contributed by atoms with van der Waals surface area (Å²) in [5.41, 5.74) is 1.22. The Morgan fingerprint density at radius 1 is 1.14 bits per heavy atom. The van der Waals surface area contributed by atoms with E-state index in [0.717, 1.165) is 5.69 Å². The van der Waals surface area contributed by atoms with Crippen molar-refractivity contribution in [3.8, 4) is 5.75 Å². The number of nitrogens with zero attached hydrogens (tertiary/aromatic N) is 3. The highest BCUT2D eigenvalue weighted by molar-refractivity contribution is 6.23. The molecule has 0 saturated heterocycles. The van der Waals surface area contributed by atoms with E-state index in [4.69, 9.17) is 9.47 Å². The molecule has 0 aliphatic heterocycles. The number of hydrogen-bond acceptors (Lipinski definition) is 5. The number of carbonyl (C=O) groups excluding carboxylic acids is 2. The molecule has 1 heterocycles. The Morgan fingerprint density at radius 2 is 1.76 bits per heavy atom. The lowest BCUT2D eigenvalue weighted by atomic mass is 10.1. The number of esters is 1. The maximum Gasteiger partial charge on any atom is 0.344 e. The number of anilines is 1. The lowest BCUT2D eigenvalue weighted by molar-refractivity contribution is -0.576. The summed E-state index contributed by atoms with van der Waals surface area (Å²) >= 11 is 0. The number of carbonyl (C=O) groups is 2. The van der Waals surface area contributed by atoms with Crippen LogP contribution < -0.4 is 14.2 Å². The van der Waals surface area contributed by atoms with Crippen molar-refractivity contribution in [3.05, 3.63) is 71.4 Å². The number of pyridine rings is 1. The van der Waals surface area contributed by atoms with Crippen LogP contribution in [0.25, 0.3) is 11.1 Å². The molecule has 0 unspecified atom stereocenters. The highest BCUT2D eigenvalue weighted by Crippen LogP contribution is 2.17. The summed E-state index contributed by atoms with van der Waals surface area (Å²) in [6, 6.07) is 10.2. The molecule has 0 atom stereocenters. The van der Waals surface area contributed by atoms with Gasteiger partial charge in [-0.3, -0.25) is 10.7 Å². The van der Waals surface area contributed by atoms with Gasteiger partial charge in [-0.2, -0.15) is 4.57 Å². The van der Waals surface area contributed by atoms with Crippen LogP contribution in [-0.4, -0.2) is 45.4 Å². The van der Waals surface area contributed by atoms with Crippen molar-refractivity contribution in [2.45, 2.75) is 6.92 Å². The maximum atomic E-state index is 13.2. The van der Waals surface area contributed by atoms with Gasteiger partial charge in [0.2, 0.25) is 0 Å². The predicted molar refractivity (Wildman–Crippen MR) is 111 cm³/mol. The quantitative estimate of drug-likeness (QED) is 0.172. The Bertz CT molecular complexity index is 955. The smallest absolute Gasteiger partial charge is 0.344 e. The van der Waals surface area contributed by atoms with Crippen LogP contribution >= 0.6 is 0 Å². The molecule has 0 amide bonds. The van der Waals surface area contributed by atoms with Crippen molar-refractivity contribution in [2.24, 2.45) is 0 Å². The largest absolute Gasteiger partial charge is 0.763 e. The van der Waals surface area contributed by atoms with Crippen molar-refractivity contribution >= 4 is 29.0 Å². The molecular weight excluding hydrogens is 370 g/mol. The molecule has 1 aromatic carbocycles. The van der Waals surface area contributed by atoms with Crippen LogP contribution in [0.4, 0.5) is 5.69 Å². The highest BCUT2D eigenvalue weighted by atomic mass is 16.5. The number of methoxy groups -OCH3 is 1. The fourth-order valence-electron chi connectivity index (χ4n) is 2.51. The van der Waals surface area contributed by atoms with Gasteiger partial charge in [-0.15, -0.1) is 0 Å². The average molecular weight is 393 g/mol. The first kappa shape index (κ1) is 21.6. The summed E-state index contributed by atoms with van der Waals surface area (Å²) in [6.07, 6.45) is 4.64. The summed E-state index contributed by atoms with van der Waals surface area (Å²) in [4.78, 5) is 27.2. The monoisotopic (exact) mass is 393 g/mol. The van der Waals surface area contributed by atoms with Crippen LogP contribution in [0.1, 0.15) is 17.3 Å². The molecule has 0 spiro atoms. The SMILES string of the molecule is CCOC(=O)C(=C=[N-])C=C(C(=O)c1ccc(OC)cc1)[n+]1ccc(N(C)C)cc1. The molecule has 29 heavy (non-hydrogen) atoms. The van der Waals surface area contributed by atoms with E-state index in [1.165, 1.54) is 13.2 Å². The number of benzene rings is 1. The van der Waals surface area contributed by atoms with E-state index >= 15 is 0 Å². The molecule has 0 radical (unpaired) electrons. The molecule has 7 heteroatoms. The normalized spacial score (nSPS) is 10.7. The third-order valence-electron chi connectivity index (χ3n) is 4.09. The molecule has 2 aromatic rings. The molecule has 2 rings (SSSR count). The highest BCUT2D eigenvalue weighted by Gasteiger charge is 2.24. The second kappa shape index (κ2) is 10.0. The molecule has 1 aromatic heterocycles. The second-order valence-corrected chi connectivity index (χ2v) is 6.19. The van der Waals surface area contributed by atoms with Crippen LogP contribution in [0.3, 0.4) is 0 Å². The molecule has 150 valence electrons. The van der Waals surface area contributed by atoms with Crippen LogP contribution in [0, 0.1) is 0 Å². The topological polar surface area (TPSA) is 82.0 Å². The standard InChI is InChI=1S/C22H23N3O4/c1-5-29-22(27)17(15-23)14-20(25-12-10-18(11-13-25)24(2)3)21(26)16-6-8-19(28-4)9-7-16/h6-14H,5H2,1-4H3. The molecular formula is C22H23N3O4. The number of ether oxygens (including phenoxy) is 2. The van der Waals surface area contributed by atoms with E-state index in [9.17, 15) is 15.0 Å². The Morgan fingerprint density at radius 3 is 2.24 bits per heavy atom. The third-order valence-corrected chi connectivity index (χ3v) is 4.09. The van der Waals surface area contributed by atoms with E-state index in [0.29, 0.717) is 11.3 Å². The molecule has 0 N–H and O–H groups in total. The van der Waals surface area contributed by atoms with Crippen molar-refractivity contribution in [1.29, 1.82) is 0 Å². The van der Waals surface area contributed by atoms with Crippen LogP contribution in [0.15, 0.2) is 60.4 Å². The van der Waals surface area contributed by atoms with Gasteiger partial charge in [0, 0.05) is 43.6 Å².